The Bertz CT molecular complexity index is 1370. The molecule has 3 heterocycles. The van der Waals surface area contributed by atoms with Gasteiger partial charge in [0.05, 0.1) is 11.4 Å². The molecule has 4 aromatic rings. The predicted octanol–water partition coefficient (Wildman–Crippen LogP) is 4.91. The van der Waals surface area contributed by atoms with Crippen molar-refractivity contribution in [2.75, 3.05) is 11.1 Å². The fourth-order valence-corrected chi connectivity index (χ4v) is 5.23. The van der Waals surface area contributed by atoms with E-state index in [0.29, 0.717) is 5.16 Å². The number of nitrogens with one attached hydrogen (secondary N) is 1. The van der Waals surface area contributed by atoms with Crippen LogP contribution in [0.3, 0.4) is 0 Å². The van der Waals surface area contributed by atoms with Crippen LogP contribution in [0.4, 0.5) is 5.69 Å². The van der Waals surface area contributed by atoms with Gasteiger partial charge in [-0.1, -0.05) is 42.4 Å². The van der Waals surface area contributed by atoms with Gasteiger partial charge in [0, 0.05) is 24.2 Å². The lowest BCUT2D eigenvalue weighted by molar-refractivity contribution is -0.113. The van der Waals surface area contributed by atoms with E-state index >= 15 is 0 Å². The van der Waals surface area contributed by atoms with E-state index in [4.69, 9.17) is 0 Å². The number of hydrogen-bond donors (Lipinski definition) is 1. The first-order valence-corrected chi connectivity index (χ1v) is 12.9. The summed E-state index contributed by atoms with van der Waals surface area (Å²) in [6.07, 6.45) is 4.47. The van der Waals surface area contributed by atoms with Gasteiger partial charge in [0.15, 0.2) is 11.0 Å². The summed E-state index contributed by atoms with van der Waals surface area (Å²) >= 11 is 1.38. The van der Waals surface area contributed by atoms with Gasteiger partial charge in [-0.15, -0.1) is 20.4 Å². The van der Waals surface area contributed by atoms with Crippen molar-refractivity contribution in [3.63, 3.8) is 0 Å². The smallest absolute Gasteiger partial charge is 0.234 e. The molecule has 0 saturated carbocycles. The number of hydrogen-bond acceptors (Lipinski definition) is 6. The second kappa shape index (κ2) is 10.0. The maximum Gasteiger partial charge on any atom is 0.234 e. The van der Waals surface area contributed by atoms with Crippen LogP contribution in [0.5, 0.6) is 0 Å². The number of thioether (sulfide) groups is 1. The van der Waals surface area contributed by atoms with Crippen molar-refractivity contribution in [1.82, 2.24) is 29.5 Å². The fraction of sp³-hybridized carbons (Fsp3) is 0.346. The second-order valence-electron chi connectivity index (χ2n) is 8.97. The van der Waals surface area contributed by atoms with Crippen LogP contribution < -0.4 is 5.32 Å². The molecule has 9 heteroatoms. The monoisotopic (exact) mass is 487 g/mol. The molecule has 0 spiro atoms. The number of aromatic nitrogens is 6. The van der Waals surface area contributed by atoms with Crippen LogP contribution in [0, 0.1) is 20.8 Å². The third-order valence-electron chi connectivity index (χ3n) is 6.25. The van der Waals surface area contributed by atoms with Crippen molar-refractivity contribution in [3.05, 3.63) is 65.2 Å². The lowest BCUT2D eigenvalue weighted by atomic mass is 10.1. The summed E-state index contributed by atoms with van der Waals surface area (Å²) in [6, 6.07) is 14.1. The van der Waals surface area contributed by atoms with E-state index in [2.05, 4.69) is 62.3 Å². The van der Waals surface area contributed by atoms with E-state index in [1.54, 1.807) is 0 Å². The van der Waals surface area contributed by atoms with Crippen molar-refractivity contribution in [1.29, 1.82) is 0 Å². The summed E-state index contributed by atoms with van der Waals surface area (Å²) in [7, 11) is 0. The van der Waals surface area contributed by atoms with E-state index < -0.39 is 0 Å². The molecule has 35 heavy (non-hydrogen) atoms. The first-order valence-electron chi connectivity index (χ1n) is 11.9. The highest BCUT2D eigenvalue weighted by atomic mass is 32.2. The summed E-state index contributed by atoms with van der Waals surface area (Å²) in [5.41, 5.74) is 5.04. The third kappa shape index (κ3) is 5.00. The van der Waals surface area contributed by atoms with Gasteiger partial charge in [0.25, 0.3) is 0 Å². The molecule has 0 fully saturated rings. The summed E-state index contributed by atoms with van der Waals surface area (Å²) < 4.78 is 4.23. The number of carbonyl (C=O) groups is 1. The number of benzene rings is 2. The molecule has 180 valence electrons. The molecule has 0 radical (unpaired) electrons. The minimum atomic E-state index is -0.0969. The topological polar surface area (TPSA) is 90.5 Å². The zero-order valence-corrected chi connectivity index (χ0v) is 21.1. The van der Waals surface area contributed by atoms with E-state index in [-0.39, 0.29) is 11.7 Å². The lowest BCUT2D eigenvalue weighted by Gasteiger charge is -2.12. The van der Waals surface area contributed by atoms with Crippen LogP contribution >= 0.6 is 11.8 Å². The van der Waals surface area contributed by atoms with Gasteiger partial charge >= 0.3 is 0 Å². The molecule has 2 aromatic carbocycles. The summed E-state index contributed by atoms with van der Waals surface area (Å²) in [5, 5.41) is 21.1. The molecule has 0 bridgehead atoms. The van der Waals surface area contributed by atoms with E-state index in [0.717, 1.165) is 71.3 Å². The first-order chi connectivity index (χ1) is 17.0. The highest BCUT2D eigenvalue weighted by molar-refractivity contribution is 7.99. The van der Waals surface area contributed by atoms with Gasteiger partial charge in [-0.25, -0.2) is 0 Å². The molecule has 1 aliphatic heterocycles. The quantitative estimate of drug-likeness (QED) is 0.389. The lowest BCUT2D eigenvalue weighted by Crippen LogP contribution is -2.15. The van der Waals surface area contributed by atoms with Crippen LogP contribution in [0.1, 0.15) is 42.0 Å². The maximum atomic E-state index is 12.8. The van der Waals surface area contributed by atoms with Crippen LogP contribution in [0.15, 0.2) is 47.6 Å². The van der Waals surface area contributed by atoms with Gasteiger partial charge in [0.2, 0.25) is 5.91 Å². The molecule has 8 nitrogen and oxygen atoms in total. The Balaban J connectivity index is 1.29. The van der Waals surface area contributed by atoms with Gasteiger partial charge in [0.1, 0.15) is 11.6 Å². The average Bonchev–Trinajstić information content (AvgIpc) is 3.34. The number of nitrogens with zero attached hydrogens (tertiary/aromatic N) is 6. The van der Waals surface area contributed by atoms with Crippen molar-refractivity contribution >= 4 is 23.4 Å². The minimum absolute atomic E-state index is 0.0969. The molecule has 0 aliphatic carbocycles. The number of carbonyl (C=O) groups excluding carboxylic acids is 1. The molecule has 0 saturated heterocycles. The molecule has 1 aliphatic rings. The summed E-state index contributed by atoms with van der Waals surface area (Å²) in [5.74, 6) is 2.84. The average molecular weight is 488 g/mol. The first kappa shape index (κ1) is 23.3. The number of rotatable bonds is 6. The Kier molecular flexibility index (Phi) is 6.68. The van der Waals surface area contributed by atoms with Crippen LogP contribution in [0.2, 0.25) is 0 Å². The normalized spacial score (nSPS) is 13.3. The number of amides is 1. The Morgan fingerprint density at radius 3 is 2.77 bits per heavy atom. The number of fused-ring (bicyclic) bond motifs is 1. The van der Waals surface area contributed by atoms with Crippen molar-refractivity contribution in [2.45, 2.75) is 58.2 Å². The molecular formula is C26H29N7OS. The molecule has 2 aromatic heterocycles. The Morgan fingerprint density at radius 2 is 1.89 bits per heavy atom. The Hall–Kier alpha value is -3.46. The predicted molar refractivity (Wildman–Crippen MR) is 138 cm³/mol. The van der Waals surface area contributed by atoms with Crippen molar-refractivity contribution < 1.29 is 4.79 Å². The summed E-state index contributed by atoms with van der Waals surface area (Å²) in [6.45, 7) is 6.99. The number of aryl methyl sites for hydroxylation is 4. The highest BCUT2D eigenvalue weighted by Gasteiger charge is 2.18. The second-order valence-corrected chi connectivity index (χ2v) is 9.92. The third-order valence-corrected chi connectivity index (χ3v) is 7.18. The maximum absolute atomic E-state index is 12.8. The highest BCUT2D eigenvalue weighted by Crippen LogP contribution is 2.27. The Morgan fingerprint density at radius 1 is 1.00 bits per heavy atom. The largest absolute Gasteiger partial charge is 0.325 e. The molecule has 1 amide bonds. The van der Waals surface area contributed by atoms with E-state index in [1.807, 2.05) is 35.8 Å². The van der Waals surface area contributed by atoms with Gasteiger partial charge in [-0.2, -0.15) is 0 Å². The van der Waals surface area contributed by atoms with E-state index in [9.17, 15) is 4.79 Å². The molecule has 0 atom stereocenters. The zero-order chi connectivity index (χ0) is 24.4. The fourth-order valence-electron chi connectivity index (χ4n) is 4.44. The van der Waals surface area contributed by atoms with E-state index in [1.165, 1.54) is 18.2 Å². The summed E-state index contributed by atoms with van der Waals surface area (Å²) in [4.78, 5) is 12.8. The Labute approximate surface area is 209 Å². The molecule has 0 unspecified atom stereocenters. The number of anilines is 1. The van der Waals surface area contributed by atoms with Gasteiger partial charge in [-0.3, -0.25) is 9.36 Å². The van der Waals surface area contributed by atoms with Crippen LogP contribution in [-0.4, -0.2) is 41.2 Å². The van der Waals surface area contributed by atoms with Crippen molar-refractivity contribution in [2.24, 2.45) is 0 Å². The minimum Gasteiger partial charge on any atom is -0.325 e. The molecule has 1 N–H and O–H groups in total. The van der Waals surface area contributed by atoms with Gasteiger partial charge in [-0.05, 0) is 62.9 Å². The molecular weight excluding hydrogens is 458 g/mol. The van der Waals surface area contributed by atoms with Crippen LogP contribution in [-0.2, 0) is 17.8 Å². The standard InChI is InChI=1S/C26H29N7OS/c1-17-11-12-18(2)22(14-17)33-19(3)28-31-26(33)35-16-24(34)27-21-9-7-8-20(15-21)25-30-29-23-10-5-4-6-13-32(23)25/h7-9,11-12,14-15H,4-6,10,13,16H2,1-3H3,(H,27,34). The molecule has 5 rings (SSSR count). The zero-order valence-electron chi connectivity index (χ0n) is 20.3. The van der Waals surface area contributed by atoms with Crippen molar-refractivity contribution in [3.8, 4) is 17.1 Å². The van der Waals surface area contributed by atoms with Crippen LogP contribution in [0.25, 0.3) is 17.1 Å². The van der Waals surface area contributed by atoms with Gasteiger partial charge < -0.3 is 9.88 Å². The SMILES string of the molecule is Cc1ccc(C)c(-n2c(C)nnc2SCC(=O)Nc2cccc(-c3nnc4n3CCCCC4)c2)c1.